The topological polar surface area (TPSA) is 60.4 Å². The second-order valence-corrected chi connectivity index (χ2v) is 7.25. The normalized spacial score (nSPS) is 14.2. The van der Waals surface area contributed by atoms with Gasteiger partial charge in [0, 0.05) is 49.6 Å². The van der Waals surface area contributed by atoms with Gasteiger partial charge in [0.05, 0.1) is 25.6 Å². The molecule has 1 aliphatic rings. The Morgan fingerprint density at radius 2 is 1.81 bits per heavy atom. The lowest BCUT2D eigenvalue weighted by Crippen LogP contribution is -2.31. The molecule has 0 unspecified atom stereocenters. The number of hydrogen-bond acceptors (Lipinski definition) is 6. The largest absolute Gasteiger partial charge is 0.493 e. The first kappa shape index (κ1) is 21.0. The van der Waals surface area contributed by atoms with Gasteiger partial charge in [-0.25, -0.2) is 9.97 Å². The Hall–Kier alpha value is -3.20. The maximum absolute atomic E-state index is 12.8. The van der Waals surface area contributed by atoms with Crippen molar-refractivity contribution in [2.75, 3.05) is 20.8 Å². The summed E-state index contributed by atoms with van der Waals surface area (Å²) in [5, 5.41) is 0. The van der Waals surface area contributed by atoms with Crippen molar-refractivity contribution in [1.29, 1.82) is 0 Å². The van der Waals surface area contributed by atoms with Crippen LogP contribution in [0.2, 0.25) is 0 Å². The number of nitrogens with zero attached hydrogens (tertiary/aromatic N) is 4. The highest BCUT2D eigenvalue weighted by molar-refractivity contribution is 5.64. The number of aromatic nitrogens is 3. The molecular formula is C22H21F3N4O2. The molecule has 0 saturated heterocycles. The highest BCUT2D eigenvalue weighted by Gasteiger charge is 2.35. The van der Waals surface area contributed by atoms with E-state index in [1.54, 1.807) is 14.2 Å². The lowest BCUT2D eigenvalue weighted by atomic mass is 10.1. The average molecular weight is 430 g/mol. The molecule has 0 radical (unpaired) electrons. The first-order chi connectivity index (χ1) is 14.9. The van der Waals surface area contributed by atoms with Crippen molar-refractivity contribution in [3.05, 3.63) is 65.4 Å². The lowest BCUT2D eigenvalue weighted by molar-refractivity contribution is -0.145. The average Bonchev–Trinajstić information content (AvgIpc) is 2.78. The summed E-state index contributed by atoms with van der Waals surface area (Å²) in [4.78, 5) is 13.9. The van der Waals surface area contributed by atoms with Crippen LogP contribution in [0.5, 0.6) is 11.5 Å². The molecule has 31 heavy (non-hydrogen) atoms. The van der Waals surface area contributed by atoms with Crippen molar-refractivity contribution < 1.29 is 22.6 Å². The molecule has 0 aliphatic carbocycles. The number of methoxy groups -OCH3 is 2. The van der Waals surface area contributed by atoms with Crippen LogP contribution in [-0.2, 0) is 25.7 Å². The first-order valence-electron chi connectivity index (χ1n) is 9.69. The lowest BCUT2D eigenvalue weighted by Gasteiger charge is -2.28. The van der Waals surface area contributed by atoms with Gasteiger partial charge in [-0.05, 0) is 29.8 Å². The quantitative estimate of drug-likeness (QED) is 0.607. The first-order valence-corrected chi connectivity index (χ1v) is 9.69. The molecule has 4 rings (SSSR count). The predicted molar refractivity (Wildman–Crippen MR) is 108 cm³/mol. The smallest absolute Gasteiger partial charge is 0.451 e. The van der Waals surface area contributed by atoms with E-state index in [0.717, 1.165) is 22.4 Å². The van der Waals surface area contributed by atoms with E-state index in [1.807, 2.05) is 36.5 Å². The van der Waals surface area contributed by atoms with Gasteiger partial charge in [-0.1, -0.05) is 6.07 Å². The molecule has 0 spiro atoms. The van der Waals surface area contributed by atoms with Crippen LogP contribution < -0.4 is 9.47 Å². The Morgan fingerprint density at radius 1 is 1.00 bits per heavy atom. The number of alkyl halides is 3. The van der Waals surface area contributed by atoms with Crippen molar-refractivity contribution in [1.82, 2.24) is 19.9 Å². The summed E-state index contributed by atoms with van der Waals surface area (Å²) in [7, 11) is 3.18. The van der Waals surface area contributed by atoms with E-state index in [9.17, 15) is 13.2 Å². The van der Waals surface area contributed by atoms with Gasteiger partial charge in [0.15, 0.2) is 11.5 Å². The van der Waals surface area contributed by atoms with Gasteiger partial charge in [0.2, 0.25) is 5.82 Å². The van der Waals surface area contributed by atoms with E-state index in [-0.39, 0.29) is 0 Å². The zero-order valence-electron chi connectivity index (χ0n) is 17.1. The standard InChI is InChI=1S/C22H21F3N4O2/c1-30-19-6-4-15(9-20(19)31-2)17-5-3-14(10-26-17)12-29-8-7-18-16(13-29)11-27-21(28-18)22(23,24)25/h3-6,9-11H,7-8,12-13H2,1-2H3. The van der Waals surface area contributed by atoms with E-state index < -0.39 is 12.0 Å². The molecular weight excluding hydrogens is 409 g/mol. The summed E-state index contributed by atoms with van der Waals surface area (Å²) in [5.74, 6) is 0.211. The van der Waals surface area contributed by atoms with Gasteiger partial charge < -0.3 is 9.47 Å². The molecule has 162 valence electrons. The maximum atomic E-state index is 12.8. The van der Waals surface area contributed by atoms with Crippen LogP contribution in [0.15, 0.2) is 42.7 Å². The van der Waals surface area contributed by atoms with E-state index in [1.165, 1.54) is 6.20 Å². The van der Waals surface area contributed by atoms with Crippen LogP contribution in [0.4, 0.5) is 13.2 Å². The number of rotatable bonds is 5. The molecule has 3 heterocycles. The van der Waals surface area contributed by atoms with Gasteiger partial charge >= 0.3 is 6.18 Å². The molecule has 1 aliphatic heterocycles. The Labute approximate surface area is 177 Å². The third-order valence-electron chi connectivity index (χ3n) is 5.18. The number of fused-ring (bicyclic) bond motifs is 1. The molecule has 6 nitrogen and oxygen atoms in total. The summed E-state index contributed by atoms with van der Waals surface area (Å²) in [6.07, 6.45) is -0.966. The molecule has 2 aromatic heterocycles. The number of pyridine rings is 1. The van der Waals surface area contributed by atoms with E-state index in [2.05, 4.69) is 19.9 Å². The summed E-state index contributed by atoms with van der Waals surface area (Å²) in [5.41, 5.74) is 3.94. The molecule has 9 heteroatoms. The fourth-order valence-electron chi connectivity index (χ4n) is 3.59. The second-order valence-electron chi connectivity index (χ2n) is 7.25. The predicted octanol–water partition coefficient (Wildman–Crippen LogP) is 4.13. The minimum absolute atomic E-state index is 0.456. The van der Waals surface area contributed by atoms with Crippen molar-refractivity contribution >= 4 is 0 Å². The SMILES string of the molecule is COc1ccc(-c2ccc(CN3CCc4nc(C(F)(F)F)ncc4C3)cn2)cc1OC. The van der Waals surface area contributed by atoms with Crippen LogP contribution in [-0.4, -0.2) is 40.6 Å². The van der Waals surface area contributed by atoms with Gasteiger partial charge in [-0.3, -0.25) is 9.88 Å². The molecule has 0 bridgehead atoms. The fraction of sp³-hybridized carbons (Fsp3) is 0.318. The van der Waals surface area contributed by atoms with E-state index in [4.69, 9.17) is 9.47 Å². The van der Waals surface area contributed by atoms with Crippen molar-refractivity contribution in [2.45, 2.75) is 25.7 Å². The minimum Gasteiger partial charge on any atom is -0.493 e. The highest BCUT2D eigenvalue weighted by Crippen LogP contribution is 2.32. The van der Waals surface area contributed by atoms with Crippen LogP contribution in [0.3, 0.4) is 0 Å². The number of halogens is 3. The molecule has 1 aromatic carbocycles. The summed E-state index contributed by atoms with van der Waals surface area (Å²) >= 11 is 0. The van der Waals surface area contributed by atoms with Crippen molar-refractivity contribution in [2.24, 2.45) is 0 Å². The summed E-state index contributed by atoms with van der Waals surface area (Å²) in [6, 6.07) is 9.56. The van der Waals surface area contributed by atoms with Crippen molar-refractivity contribution in [3.63, 3.8) is 0 Å². The van der Waals surface area contributed by atoms with Gasteiger partial charge in [0.1, 0.15) is 0 Å². The van der Waals surface area contributed by atoms with E-state index >= 15 is 0 Å². The van der Waals surface area contributed by atoms with Crippen LogP contribution >= 0.6 is 0 Å². The molecule has 0 amide bonds. The molecule has 0 saturated carbocycles. The van der Waals surface area contributed by atoms with Crippen LogP contribution in [0, 0.1) is 0 Å². The molecule has 0 fully saturated rings. The minimum atomic E-state index is -4.52. The van der Waals surface area contributed by atoms with Gasteiger partial charge in [0.25, 0.3) is 0 Å². The third kappa shape index (κ3) is 4.61. The Kier molecular flexibility index (Phi) is 5.77. The van der Waals surface area contributed by atoms with Crippen LogP contribution in [0.1, 0.15) is 22.6 Å². The second kappa shape index (κ2) is 8.50. The Bertz CT molecular complexity index is 1070. The number of ether oxygens (including phenoxy) is 2. The zero-order chi connectivity index (χ0) is 22.0. The van der Waals surface area contributed by atoms with Gasteiger partial charge in [-0.15, -0.1) is 0 Å². The highest BCUT2D eigenvalue weighted by atomic mass is 19.4. The Balaban J connectivity index is 1.44. The van der Waals surface area contributed by atoms with Crippen molar-refractivity contribution in [3.8, 4) is 22.8 Å². The zero-order valence-corrected chi connectivity index (χ0v) is 17.1. The molecule has 3 aromatic rings. The maximum Gasteiger partial charge on any atom is 0.451 e. The molecule has 0 N–H and O–H groups in total. The number of benzene rings is 1. The Morgan fingerprint density at radius 3 is 2.48 bits per heavy atom. The van der Waals surface area contributed by atoms with Crippen LogP contribution in [0.25, 0.3) is 11.3 Å². The van der Waals surface area contributed by atoms with Gasteiger partial charge in [-0.2, -0.15) is 13.2 Å². The summed E-state index contributed by atoms with van der Waals surface area (Å²) < 4.78 is 49.0. The molecule has 0 atom stereocenters. The third-order valence-corrected chi connectivity index (χ3v) is 5.18. The van der Waals surface area contributed by atoms with E-state index in [0.29, 0.717) is 43.2 Å². The fourth-order valence-corrected chi connectivity index (χ4v) is 3.59. The summed E-state index contributed by atoms with van der Waals surface area (Å²) in [6.45, 7) is 1.77. The monoisotopic (exact) mass is 430 g/mol. The number of hydrogen-bond donors (Lipinski definition) is 0.